The van der Waals surface area contributed by atoms with E-state index in [9.17, 15) is 4.79 Å². The summed E-state index contributed by atoms with van der Waals surface area (Å²) >= 11 is 0. The number of carbonyl (C=O) groups excluding carboxylic acids is 1. The number of aromatic nitrogens is 2. The molecule has 2 aromatic rings. The summed E-state index contributed by atoms with van der Waals surface area (Å²) in [5, 5.41) is 0. The lowest BCUT2D eigenvalue weighted by Crippen LogP contribution is -1.99. The van der Waals surface area contributed by atoms with Crippen molar-refractivity contribution in [2.24, 2.45) is 0 Å². The fourth-order valence-electron chi connectivity index (χ4n) is 1.54. The van der Waals surface area contributed by atoms with Gasteiger partial charge in [-0.15, -0.1) is 0 Å². The Labute approximate surface area is 99.3 Å². The molecule has 4 heteroatoms. The predicted molar refractivity (Wildman–Crippen MR) is 63.2 cm³/mol. The molecule has 0 saturated carbocycles. The first-order valence-electron chi connectivity index (χ1n) is 5.21. The lowest BCUT2D eigenvalue weighted by Gasteiger charge is -2.06. The molecule has 0 bridgehead atoms. The third-order valence-electron chi connectivity index (χ3n) is 2.40. The molecule has 0 unspecified atom stereocenters. The first-order valence-corrected chi connectivity index (χ1v) is 5.21. The van der Waals surface area contributed by atoms with E-state index in [4.69, 9.17) is 4.74 Å². The van der Waals surface area contributed by atoms with E-state index in [0.717, 1.165) is 17.6 Å². The summed E-state index contributed by atoms with van der Waals surface area (Å²) in [6.45, 7) is 0. The summed E-state index contributed by atoms with van der Waals surface area (Å²) in [7, 11) is 1.63. The highest BCUT2D eigenvalue weighted by Crippen LogP contribution is 2.19. The third-order valence-corrected chi connectivity index (χ3v) is 2.40. The van der Waals surface area contributed by atoms with E-state index in [1.54, 1.807) is 7.11 Å². The van der Waals surface area contributed by atoms with E-state index in [2.05, 4.69) is 9.97 Å². The monoisotopic (exact) mass is 228 g/mol. The number of aldehydes is 1. The zero-order valence-electron chi connectivity index (χ0n) is 9.46. The van der Waals surface area contributed by atoms with Crippen LogP contribution in [-0.2, 0) is 6.42 Å². The molecule has 0 amide bonds. The van der Waals surface area contributed by atoms with E-state index >= 15 is 0 Å². The molecule has 0 fully saturated rings. The van der Waals surface area contributed by atoms with Gasteiger partial charge in [0.15, 0.2) is 6.29 Å². The first-order chi connectivity index (χ1) is 8.33. The quantitative estimate of drug-likeness (QED) is 0.750. The minimum atomic E-state index is 0.480. The van der Waals surface area contributed by atoms with Crippen molar-refractivity contribution in [1.82, 2.24) is 9.97 Å². The Hall–Kier alpha value is -2.23. The van der Waals surface area contributed by atoms with Crippen LogP contribution in [0.1, 0.15) is 21.7 Å². The van der Waals surface area contributed by atoms with Gasteiger partial charge in [-0.25, -0.2) is 9.97 Å². The third kappa shape index (κ3) is 2.66. The molecular formula is C13H12N2O2. The van der Waals surface area contributed by atoms with E-state index < -0.39 is 0 Å². The molecule has 2 rings (SSSR count). The van der Waals surface area contributed by atoms with Crippen molar-refractivity contribution in [3.8, 4) is 5.75 Å². The van der Waals surface area contributed by atoms with Crippen molar-refractivity contribution in [2.45, 2.75) is 6.42 Å². The van der Waals surface area contributed by atoms with Crippen LogP contribution >= 0.6 is 0 Å². The molecule has 17 heavy (non-hydrogen) atoms. The second-order valence-corrected chi connectivity index (χ2v) is 3.54. The summed E-state index contributed by atoms with van der Waals surface area (Å²) in [5.41, 5.74) is 1.50. The Morgan fingerprint density at radius 1 is 1.24 bits per heavy atom. The topological polar surface area (TPSA) is 52.1 Å². The summed E-state index contributed by atoms with van der Waals surface area (Å²) < 4.78 is 5.25. The Kier molecular flexibility index (Phi) is 3.45. The number of ether oxygens (including phenoxy) is 1. The second-order valence-electron chi connectivity index (χ2n) is 3.54. The smallest absolute Gasteiger partial charge is 0.153 e. The van der Waals surface area contributed by atoms with Crippen molar-refractivity contribution < 1.29 is 9.53 Å². The number of para-hydroxylation sites is 1. The van der Waals surface area contributed by atoms with Gasteiger partial charge < -0.3 is 4.74 Å². The standard InChI is InChI=1S/C13H12N2O2/c1-17-12-5-3-2-4-11(12)6-13-14-7-10(9-16)8-15-13/h2-5,7-9H,6H2,1H3. The first kappa shape index (κ1) is 11.3. The van der Waals surface area contributed by atoms with Crippen LogP contribution in [0.2, 0.25) is 0 Å². The predicted octanol–water partition coefficient (Wildman–Crippen LogP) is 1.89. The fourth-order valence-corrected chi connectivity index (χ4v) is 1.54. The van der Waals surface area contributed by atoms with Gasteiger partial charge >= 0.3 is 0 Å². The minimum Gasteiger partial charge on any atom is -0.496 e. The molecule has 1 aromatic carbocycles. The summed E-state index contributed by atoms with van der Waals surface area (Å²) in [6, 6.07) is 7.72. The van der Waals surface area contributed by atoms with Crippen molar-refractivity contribution in [2.75, 3.05) is 7.11 Å². The van der Waals surface area contributed by atoms with Gasteiger partial charge in [-0.05, 0) is 6.07 Å². The molecule has 0 spiro atoms. The second kappa shape index (κ2) is 5.21. The summed E-state index contributed by atoms with van der Waals surface area (Å²) in [6.07, 6.45) is 4.35. The molecule has 0 aliphatic heterocycles. The molecule has 4 nitrogen and oxygen atoms in total. The lowest BCUT2D eigenvalue weighted by atomic mass is 10.1. The normalized spacial score (nSPS) is 9.94. The highest BCUT2D eigenvalue weighted by atomic mass is 16.5. The largest absolute Gasteiger partial charge is 0.496 e. The lowest BCUT2D eigenvalue weighted by molar-refractivity contribution is 0.112. The summed E-state index contributed by atoms with van der Waals surface area (Å²) in [5.74, 6) is 1.48. The highest BCUT2D eigenvalue weighted by Gasteiger charge is 2.04. The number of hydrogen-bond donors (Lipinski definition) is 0. The van der Waals surface area contributed by atoms with Gasteiger partial charge in [0.05, 0.1) is 12.7 Å². The molecule has 1 aromatic heterocycles. The SMILES string of the molecule is COc1ccccc1Cc1ncc(C=O)cn1. The highest BCUT2D eigenvalue weighted by molar-refractivity contribution is 5.73. The van der Waals surface area contributed by atoms with Crippen molar-refractivity contribution >= 4 is 6.29 Å². The van der Waals surface area contributed by atoms with Gasteiger partial charge in [-0.3, -0.25) is 4.79 Å². The van der Waals surface area contributed by atoms with Gasteiger partial charge in [-0.1, -0.05) is 18.2 Å². The van der Waals surface area contributed by atoms with Crippen molar-refractivity contribution in [1.29, 1.82) is 0 Å². The van der Waals surface area contributed by atoms with Crippen LogP contribution in [0.5, 0.6) is 5.75 Å². The zero-order valence-corrected chi connectivity index (χ0v) is 9.46. The van der Waals surface area contributed by atoms with Crippen LogP contribution in [0.15, 0.2) is 36.7 Å². The average Bonchev–Trinajstić information content (AvgIpc) is 2.40. The van der Waals surface area contributed by atoms with Gasteiger partial charge in [0.2, 0.25) is 0 Å². The molecule has 0 N–H and O–H groups in total. The fraction of sp³-hybridized carbons (Fsp3) is 0.154. The zero-order chi connectivity index (χ0) is 12.1. The van der Waals surface area contributed by atoms with Gasteiger partial charge in [0.1, 0.15) is 11.6 Å². The maximum absolute atomic E-state index is 10.5. The van der Waals surface area contributed by atoms with E-state index in [-0.39, 0.29) is 0 Å². The minimum absolute atomic E-state index is 0.480. The number of methoxy groups -OCH3 is 1. The molecule has 1 heterocycles. The van der Waals surface area contributed by atoms with Crippen LogP contribution in [-0.4, -0.2) is 23.4 Å². The molecule has 0 atom stereocenters. The Balaban J connectivity index is 2.21. The maximum Gasteiger partial charge on any atom is 0.153 e. The number of benzene rings is 1. The van der Waals surface area contributed by atoms with Gasteiger partial charge in [0.25, 0.3) is 0 Å². The number of rotatable bonds is 4. The molecule has 86 valence electrons. The number of hydrogen-bond acceptors (Lipinski definition) is 4. The molecule has 0 aliphatic carbocycles. The van der Waals surface area contributed by atoms with Crippen LogP contribution in [0.3, 0.4) is 0 Å². The van der Waals surface area contributed by atoms with Crippen LogP contribution in [0.25, 0.3) is 0 Å². The van der Waals surface area contributed by atoms with Crippen molar-refractivity contribution in [3.63, 3.8) is 0 Å². The van der Waals surface area contributed by atoms with Gasteiger partial charge in [0, 0.05) is 24.4 Å². The van der Waals surface area contributed by atoms with E-state index in [1.165, 1.54) is 12.4 Å². The van der Waals surface area contributed by atoms with Crippen LogP contribution in [0.4, 0.5) is 0 Å². The van der Waals surface area contributed by atoms with Crippen molar-refractivity contribution in [3.05, 3.63) is 53.6 Å². The molecule has 0 aliphatic rings. The number of nitrogens with zero attached hydrogens (tertiary/aromatic N) is 2. The Bertz CT molecular complexity index is 509. The van der Waals surface area contributed by atoms with Crippen LogP contribution < -0.4 is 4.74 Å². The summed E-state index contributed by atoms with van der Waals surface area (Å²) in [4.78, 5) is 18.7. The Morgan fingerprint density at radius 2 is 1.94 bits per heavy atom. The average molecular weight is 228 g/mol. The molecule has 0 radical (unpaired) electrons. The van der Waals surface area contributed by atoms with Crippen LogP contribution in [0, 0.1) is 0 Å². The van der Waals surface area contributed by atoms with E-state index in [1.807, 2.05) is 24.3 Å². The number of carbonyl (C=O) groups is 1. The maximum atomic E-state index is 10.5. The molecular weight excluding hydrogens is 216 g/mol. The van der Waals surface area contributed by atoms with Gasteiger partial charge in [-0.2, -0.15) is 0 Å². The molecule has 0 saturated heterocycles. The Morgan fingerprint density at radius 3 is 2.59 bits per heavy atom. The van der Waals surface area contributed by atoms with E-state index in [0.29, 0.717) is 17.8 Å².